The van der Waals surface area contributed by atoms with Crippen molar-refractivity contribution in [2.75, 3.05) is 0 Å². The number of halogens is 1. The minimum Gasteiger partial charge on any atom is -0.206 e. The van der Waals surface area contributed by atoms with E-state index in [4.69, 9.17) is 0 Å². The molecule has 3 aromatic carbocycles. The van der Waals surface area contributed by atoms with Crippen LogP contribution in [0.25, 0.3) is 10.8 Å². The van der Waals surface area contributed by atoms with Gasteiger partial charge in [-0.3, -0.25) is 0 Å². The van der Waals surface area contributed by atoms with E-state index in [1.165, 1.54) is 50.5 Å². The van der Waals surface area contributed by atoms with Crippen LogP contribution in [0.5, 0.6) is 0 Å². The van der Waals surface area contributed by atoms with E-state index in [2.05, 4.69) is 43.0 Å². The standard InChI is InChI=1S/C29H31F/c1-3-22-5-7-23(8-6-22)9-10-24-11-13-25(14-12-24)15-16-26-17-19-28-27(20-26)18-4-21(2)29(28)30/h4,11-14,17-20,22-23H,3,5-10H2,1-2H3. The predicted molar refractivity (Wildman–Crippen MR) is 125 cm³/mol. The van der Waals surface area contributed by atoms with Crippen LogP contribution in [0.15, 0.2) is 54.6 Å². The molecule has 0 saturated heterocycles. The summed E-state index contributed by atoms with van der Waals surface area (Å²) >= 11 is 0. The van der Waals surface area contributed by atoms with Gasteiger partial charge in [-0.1, -0.05) is 81.2 Å². The molecule has 0 aliphatic heterocycles. The van der Waals surface area contributed by atoms with Gasteiger partial charge in [-0.15, -0.1) is 0 Å². The Labute approximate surface area is 180 Å². The molecule has 0 bridgehead atoms. The zero-order valence-corrected chi connectivity index (χ0v) is 18.2. The van der Waals surface area contributed by atoms with Crippen LogP contribution >= 0.6 is 0 Å². The molecular weight excluding hydrogens is 367 g/mol. The number of hydrogen-bond acceptors (Lipinski definition) is 0. The van der Waals surface area contributed by atoms with E-state index in [0.717, 1.165) is 28.3 Å². The minimum atomic E-state index is -0.138. The molecule has 0 N–H and O–H groups in total. The zero-order chi connectivity index (χ0) is 20.9. The molecule has 0 heterocycles. The van der Waals surface area contributed by atoms with Crippen LogP contribution < -0.4 is 0 Å². The summed E-state index contributed by atoms with van der Waals surface area (Å²) in [6.07, 6.45) is 9.52. The summed E-state index contributed by atoms with van der Waals surface area (Å²) in [6, 6.07) is 18.2. The van der Waals surface area contributed by atoms with Gasteiger partial charge in [0, 0.05) is 16.5 Å². The molecule has 0 amide bonds. The van der Waals surface area contributed by atoms with Crippen molar-refractivity contribution in [1.29, 1.82) is 0 Å². The fraction of sp³-hybridized carbons (Fsp3) is 0.379. The summed E-state index contributed by atoms with van der Waals surface area (Å²) in [4.78, 5) is 0. The van der Waals surface area contributed by atoms with E-state index in [9.17, 15) is 4.39 Å². The van der Waals surface area contributed by atoms with Gasteiger partial charge in [0.15, 0.2) is 0 Å². The van der Waals surface area contributed by atoms with E-state index in [1.807, 2.05) is 30.3 Å². The third kappa shape index (κ3) is 4.93. The third-order valence-corrected chi connectivity index (χ3v) is 6.84. The Bertz CT molecular complexity index is 1060. The lowest BCUT2D eigenvalue weighted by Gasteiger charge is -2.27. The van der Waals surface area contributed by atoms with Crippen molar-refractivity contribution in [2.45, 2.75) is 58.8 Å². The van der Waals surface area contributed by atoms with E-state index in [0.29, 0.717) is 10.9 Å². The molecule has 0 unspecified atom stereocenters. The largest absolute Gasteiger partial charge is 0.206 e. The second-order valence-electron chi connectivity index (χ2n) is 8.91. The maximum atomic E-state index is 14.2. The average molecular weight is 399 g/mol. The molecular formula is C29H31F. The van der Waals surface area contributed by atoms with E-state index >= 15 is 0 Å². The van der Waals surface area contributed by atoms with E-state index < -0.39 is 0 Å². The number of aryl methyl sites for hydroxylation is 2. The molecule has 1 fully saturated rings. The molecule has 30 heavy (non-hydrogen) atoms. The Morgan fingerprint density at radius 1 is 0.833 bits per heavy atom. The molecule has 0 aromatic heterocycles. The molecule has 0 nitrogen and oxygen atoms in total. The Hall–Kier alpha value is -2.59. The Morgan fingerprint density at radius 2 is 1.50 bits per heavy atom. The molecule has 4 rings (SSSR count). The van der Waals surface area contributed by atoms with Gasteiger partial charge in [-0.25, -0.2) is 4.39 Å². The van der Waals surface area contributed by atoms with Crippen LogP contribution in [-0.2, 0) is 6.42 Å². The van der Waals surface area contributed by atoms with Crippen molar-refractivity contribution in [3.8, 4) is 11.8 Å². The second-order valence-corrected chi connectivity index (χ2v) is 8.91. The van der Waals surface area contributed by atoms with E-state index in [1.54, 1.807) is 6.92 Å². The van der Waals surface area contributed by atoms with Crippen LogP contribution in [-0.4, -0.2) is 0 Å². The number of fused-ring (bicyclic) bond motifs is 1. The van der Waals surface area contributed by atoms with Crippen molar-refractivity contribution in [3.05, 3.63) is 82.7 Å². The van der Waals surface area contributed by atoms with Crippen LogP contribution in [0.4, 0.5) is 4.39 Å². The number of rotatable bonds is 4. The first kappa shape index (κ1) is 20.7. The van der Waals surface area contributed by atoms with Crippen molar-refractivity contribution in [2.24, 2.45) is 11.8 Å². The highest BCUT2D eigenvalue weighted by Gasteiger charge is 2.19. The Kier molecular flexibility index (Phi) is 6.53. The highest BCUT2D eigenvalue weighted by molar-refractivity contribution is 5.85. The summed E-state index contributed by atoms with van der Waals surface area (Å²) in [7, 11) is 0. The summed E-state index contributed by atoms with van der Waals surface area (Å²) in [5, 5.41) is 1.56. The minimum absolute atomic E-state index is 0.138. The molecule has 0 atom stereocenters. The van der Waals surface area contributed by atoms with Crippen LogP contribution in [0.3, 0.4) is 0 Å². The lowest BCUT2D eigenvalue weighted by Crippen LogP contribution is -2.14. The SMILES string of the molecule is CCC1CCC(CCc2ccc(C#Cc3ccc4c(F)c(C)ccc4c3)cc2)CC1. The van der Waals surface area contributed by atoms with Crippen molar-refractivity contribution in [1.82, 2.24) is 0 Å². The molecule has 3 aromatic rings. The lowest BCUT2D eigenvalue weighted by molar-refractivity contribution is 0.259. The number of hydrogen-bond donors (Lipinski definition) is 0. The molecule has 154 valence electrons. The van der Waals surface area contributed by atoms with Gasteiger partial charge in [-0.2, -0.15) is 0 Å². The topological polar surface area (TPSA) is 0 Å². The first-order valence-electron chi connectivity index (χ1n) is 11.4. The fourth-order valence-corrected chi connectivity index (χ4v) is 4.68. The van der Waals surface area contributed by atoms with Crippen molar-refractivity contribution < 1.29 is 4.39 Å². The predicted octanol–water partition coefficient (Wildman–Crippen LogP) is 7.84. The maximum absolute atomic E-state index is 14.2. The highest BCUT2D eigenvalue weighted by Crippen LogP contribution is 2.33. The van der Waals surface area contributed by atoms with Crippen LogP contribution in [0.2, 0.25) is 0 Å². The first-order valence-corrected chi connectivity index (χ1v) is 11.4. The molecule has 1 aliphatic rings. The Morgan fingerprint density at radius 3 is 2.23 bits per heavy atom. The summed E-state index contributed by atoms with van der Waals surface area (Å²) in [5.41, 5.74) is 4.03. The molecule has 1 saturated carbocycles. The van der Waals surface area contributed by atoms with Gasteiger partial charge in [0.05, 0.1) is 0 Å². The van der Waals surface area contributed by atoms with Gasteiger partial charge in [0.1, 0.15) is 5.82 Å². The van der Waals surface area contributed by atoms with Gasteiger partial charge < -0.3 is 0 Å². The monoisotopic (exact) mass is 398 g/mol. The van der Waals surface area contributed by atoms with Crippen LogP contribution in [0, 0.1) is 36.4 Å². The quantitative estimate of drug-likeness (QED) is 0.393. The third-order valence-electron chi connectivity index (χ3n) is 6.84. The smallest absolute Gasteiger partial charge is 0.133 e. The second kappa shape index (κ2) is 9.48. The molecule has 1 heteroatoms. The Balaban J connectivity index is 1.37. The van der Waals surface area contributed by atoms with E-state index in [-0.39, 0.29) is 5.82 Å². The number of benzene rings is 3. The summed E-state index contributed by atoms with van der Waals surface area (Å²) < 4.78 is 14.2. The molecule has 0 spiro atoms. The lowest BCUT2D eigenvalue weighted by atomic mass is 9.78. The normalized spacial score (nSPS) is 18.8. The molecule has 1 aliphatic carbocycles. The maximum Gasteiger partial charge on any atom is 0.133 e. The first-order chi connectivity index (χ1) is 14.6. The fourth-order valence-electron chi connectivity index (χ4n) is 4.68. The molecule has 0 radical (unpaired) electrons. The van der Waals surface area contributed by atoms with Crippen LogP contribution in [0.1, 0.15) is 67.7 Å². The van der Waals surface area contributed by atoms with Gasteiger partial charge in [-0.05, 0) is 72.4 Å². The average Bonchev–Trinajstić information content (AvgIpc) is 2.80. The summed E-state index contributed by atoms with van der Waals surface area (Å²) in [5.74, 6) is 8.23. The van der Waals surface area contributed by atoms with Gasteiger partial charge in [0.25, 0.3) is 0 Å². The zero-order valence-electron chi connectivity index (χ0n) is 18.2. The summed E-state index contributed by atoms with van der Waals surface area (Å²) in [6.45, 7) is 4.12. The van der Waals surface area contributed by atoms with Gasteiger partial charge >= 0.3 is 0 Å². The highest BCUT2D eigenvalue weighted by atomic mass is 19.1. The van der Waals surface area contributed by atoms with Crippen molar-refractivity contribution in [3.63, 3.8) is 0 Å². The van der Waals surface area contributed by atoms with Gasteiger partial charge in [0.2, 0.25) is 0 Å². The van der Waals surface area contributed by atoms with Crippen molar-refractivity contribution >= 4 is 10.8 Å².